The van der Waals surface area contributed by atoms with Gasteiger partial charge in [-0.3, -0.25) is 0 Å². The SMILES string of the molecule is CC(C)OC(=O)c1ccccc1S(C)(=O)=O. The van der Waals surface area contributed by atoms with Crippen LogP contribution in [0.25, 0.3) is 0 Å². The second-order valence-electron chi connectivity index (χ2n) is 3.72. The third kappa shape index (κ3) is 3.06. The second kappa shape index (κ2) is 4.65. The van der Waals surface area contributed by atoms with Gasteiger partial charge in [-0.1, -0.05) is 12.1 Å². The van der Waals surface area contributed by atoms with Crippen molar-refractivity contribution in [3.05, 3.63) is 29.8 Å². The zero-order valence-electron chi connectivity index (χ0n) is 9.43. The number of esters is 1. The van der Waals surface area contributed by atoms with Crippen LogP contribution in [0.4, 0.5) is 0 Å². The summed E-state index contributed by atoms with van der Waals surface area (Å²) in [4.78, 5) is 11.6. The highest BCUT2D eigenvalue weighted by atomic mass is 32.2. The lowest BCUT2D eigenvalue weighted by molar-refractivity contribution is 0.0373. The van der Waals surface area contributed by atoms with Gasteiger partial charge in [-0.25, -0.2) is 13.2 Å². The highest BCUT2D eigenvalue weighted by Crippen LogP contribution is 2.16. The van der Waals surface area contributed by atoms with Crippen LogP contribution < -0.4 is 0 Å². The Morgan fingerprint density at radius 1 is 1.25 bits per heavy atom. The molecule has 1 aromatic carbocycles. The summed E-state index contributed by atoms with van der Waals surface area (Å²) in [5.41, 5.74) is 0.0821. The van der Waals surface area contributed by atoms with Gasteiger partial charge in [0.1, 0.15) is 0 Å². The molecule has 0 aliphatic carbocycles. The lowest BCUT2D eigenvalue weighted by Gasteiger charge is -2.10. The molecule has 0 saturated carbocycles. The fourth-order valence-corrected chi connectivity index (χ4v) is 2.11. The first-order chi connectivity index (χ1) is 7.32. The van der Waals surface area contributed by atoms with Crippen LogP contribution in [-0.2, 0) is 14.6 Å². The molecule has 16 heavy (non-hydrogen) atoms. The summed E-state index contributed by atoms with van der Waals surface area (Å²) in [5, 5.41) is 0. The standard InChI is InChI=1S/C11H14O4S/c1-8(2)15-11(12)9-6-4-5-7-10(9)16(3,13)14/h4-8H,1-3H3. The van der Waals surface area contributed by atoms with Crippen molar-refractivity contribution in [2.45, 2.75) is 24.8 Å². The van der Waals surface area contributed by atoms with Crippen molar-refractivity contribution in [2.75, 3.05) is 6.26 Å². The predicted octanol–water partition coefficient (Wildman–Crippen LogP) is 1.66. The van der Waals surface area contributed by atoms with E-state index in [0.717, 1.165) is 6.26 Å². The summed E-state index contributed by atoms with van der Waals surface area (Å²) < 4.78 is 27.8. The van der Waals surface area contributed by atoms with Crippen molar-refractivity contribution >= 4 is 15.8 Å². The molecule has 0 aliphatic heterocycles. The molecule has 0 amide bonds. The number of carbonyl (C=O) groups excluding carboxylic acids is 1. The van der Waals surface area contributed by atoms with Gasteiger partial charge in [-0.05, 0) is 26.0 Å². The summed E-state index contributed by atoms with van der Waals surface area (Å²) in [6, 6.07) is 6.02. The van der Waals surface area contributed by atoms with Gasteiger partial charge < -0.3 is 4.74 Å². The van der Waals surface area contributed by atoms with Crippen LogP contribution in [0.3, 0.4) is 0 Å². The third-order valence-corrected chi connectivity index (χ3v) is 3.00. The number of rotatable bonds is 3. The van der Waals surface area contributed by atoms with E-state index in [2.05, 4.69) is 0 Å². The Morgan fingerprint density at radius 2 is 1.81 bits per heavy atom. The second-order valence-corrected chi connectivity index (χ2v) is 5.71. The number of carbonyl (C=O) groups is 1. The van der Waals surface area contributed by atoms with Crippen molar-refractivity contribution in [3.63, 3.8) is 0 Å². The molecule has 1 aromatic rings. The summed E-state index contributed by atoms with van der Waals surface area (Å²) in [7, 11) is -3.42. The van der Waals surface area contributed by atoms with Crippen molar-refractivity contribution in [1.29, 1.82) is 0 Å². The van der Waals surface area contributed by atoms with Gasteiger partial charge in [0, 0.05) is 6.26 Å². The van der Waals surface area contributed by atoms with E-state index in [1.165, 1.54) is 12.1 Å². The van der Waals surface area contributed by atoms with Gasteiger partial charge in [0.15, 0.2) is 9.84 Å². The molecular weight excluding hydrogens is 228 g/mol. The molecule has 1 rings (SSSR count). The number of benzene rings is 1. The summed E-state index contributed by atoms with van der Waals surface area (Å²) >= 11 is 0. The van der Waals surface area contributed by atoms with E-state index in [1.54, 1.807) is 26.0 Å². The van der Waals surface area contributed by atoms with Crippen LogP contribution in [0.2, 0.25) is 0 Å². The van der Waals surface area contributed by atoms with Gasteiger partial charge in [-0.2, -0.15) is 0 Å². The molecule has 0 aliphatic rings. The lowest BCUT2D eigenvalue weighted by atomic mass is 10.2. The predicted molar refractivity (Wildman–Crippen MR) is 60.1 cm³/mol. The molecule has 4 nitrogen and oxygen atoms in total. The topological polar surface area (TPSA) is 60.4 Å². The Bertz CT molecular complexity index is 488. The zero-order valence-corrected chi connectivity index (χ0v) is 10.2. The van der Waals surface area contributed by atoms with E-state index in [-0.39, 0.29) is 16.6 Å². The maximum Gasteiger partial charge on any atom is 0.339 e. The molecule has 0 heterocycles. The van der Waals surface area contributed by atoms with Crippen molar-refractivity contribution in [1.82, 2.24) is 0 Å². The highest BCUT2D eigenvalue weighted by Gasteiger charge is 2.19. The van der Waals surface area contributed by atoms with Crippen molar-refractivity contribution in [3.8, 4) is 0 Å². The van der Waals surface area contributed by atoms with Gasteiger partial charge in [0.2, 0.25) is 0 Å². The molecule has 0 atom stereocenters. The number of hydrogen-bond acceptors (Lipinski definition) is 4. The van der Waals surface area contributed by atoms with E-state index in [0.29, 0.717) is 0 Å². The Kier molecular flexibility index (Phi) is 3.70. The maximum atomic E-state index is 11.6. The average molecular weight is 242 g/mol. The van der Waals surface area contributed by atoms with Crippen LogP contribution in [0.15, 0.2) is 29.2 Å². The molecule has 0 aromatic heterocycles. The van der Waals surface area contributed by atoms with Crippen LogP contribution in [0.1, 0.15) is 24.2 Å². The molecule has 0 bridgehead atoms. The molecule has 5 heteroatoms. The van der Waals surface area contributed by atoms with Crippen LogP contribution in [0, 0.1) is 0 Å². The van der Waals surface area contributed by atoms with Crippen LogP contribution in [0.5, 0.6) is 0 Å². The zero-order chi connectivity index (χ0) is 12.3. The number of sulfone groups is 1. The molecule has 0 fully saturated rings. The van der Waals surface area contributed by atoms with Crippen LogP contribution >= 0.6 is 0 Å². The van der Waals surface area contributed by atoms with Gasteiger partial charge in [0.05, 0.1) is 16.6 Å². The summed E-state index contributed by atoms with van der Waals surface area (Å²) in [6.45, 7) is 3.42. The summed E-state index contributed by atoms with van der Waals surface area (Å²) in [5.74, 6) is -0.615. The Hall–Kier alpha value is -1.36. The minimum atomic E-state index is -3.42. The molecule has 0 radical (unpaired) electrons. The average Bonchev–Trinajstić information content (AvgIpc) is 2.15. The van der Waals surface area contributed by atoms with Gasteiger partial charge in [0.25, 0.3) is 0 Å². The van der Waals surface area contributed by atoms with E-state index in [4.69, 9.17) is 4.74 Å². The van der Waals surface area contributed by atoms with E-state index >= 15 is 0 Å². The molecule has 0 N–H and O–H groups in total. The van der Waals surface area contributed by atoms with Gasteiger partial charge >= 0.3 is 5.97 Å². The largest absolute Gasteiger partial charge is 0.459 e. The quantitative estimate of drug-likeness (QED) is 0.756. The maximum absolute atomic E-state index is 11.6. The monoisotopic (exact) mass is 242 g/mol. The Morgan fingerprint density at radius 3 is 2.31 bits per heavy atom. The molecule has 0 saturated heterocycles. The first-order valence-electron chi connectivity index (χ1n) is 4.82. The number of ether oxygens (including phenoxy) is 1. The fraction of sp³-hybridized carbons (Fsp3) is 0.364. The molecule has 88 valence electrons. The molecular formula is C11H14O4S. The minimum Gasteiger partial charge on any atom is -0.459 e. The normalized spacial score (nSPS) is 11.5. The fourth-order valence-electron chi connectivity index (χ4n) is 1.24. The smallest absolute Gasteiger partial charge is 0.339 e. The third-order valence-electron chi connectivity index (χ3n) is 1.85. The first-order valence-corrected chi connectivity index (χ1v) is 6.71. The summed E-state index contributed by atoms with van der Waals surface area (Å²) in [6.07, 6.45) is 0.786. The lowest BCUT2D eigenvalue weighted by Crippen LogP contribution is -2.15. The van der Waals surface area contributed by atoms with E-state index in [9.17, 15) is 13.2 Å². The molecule has 0 unspecified atom stereocenters. The minimum absolute atomic E-state index is 0.000602. The van der Waals surface area contributed by atoms with Crippen molar-refractivity contribution in [2.24, 2.45) is 0 Å². The highest BCUT2D eigenvalue weighted by molar-refractivity contribution is 7.90. The number of hydrogen-bond donors (Lipinski definition) is 0. The van der Waals surface area contributed by atoms with Gasteiger partial charge in [-0.15, -0.1) is 0 Å². The van der Waals surface area contributed by atoms with Crippen molar-refractivity contribution < 1.29 is 17.9 Å². The molecule has 0 spiro atoms. The van der Waals surface area contributed by atoms with Crippen LogP contribution in [-0.4, -0.2) is 26.7 Å². The Balaban J connectivity index is 3.19. The Labute approximate surface area is 95.2 Å². The van der Waals surface area contributed by atoms with E-state index < -0.39 is 15.8 Å². The first kappa shape index (κ1) is 12.7. The van der Waals surface area contributed by atoms with E-state index in [1.807, 2.05) is 0 Å².